The second kappa shape index (κ2) is 3.85. The van der Waals surface area contributed by atoms with E-state index in [0.29, 0.717) is 5.56 Å². The molecule has 0 aliphatic rings. The van der Waals surface area contributed by atoms with Gasteiger partial charge >= 0.3 is 0 Å². The zero-order valence-corrected chi connectivity index (χ0v) is 9.78. The zero-order chi connectivity index (χ0) is 12.6. The number of hydrogen-bond donors (Lipinski definition) is 1. The maximum Gasteiger partial charge on any atom is 0.283 e. The normalized spacial score (nSPS) is 11.6. The van der Waals surface area contributed by atoms with E-state index in [9.17, 15) is 12.8 Å². The molecule has 0 bridgehead atoms. The van der Waals surface area contributed by atoms with Crippen molar-refractivity contribution in [1.29, 1.82) is 0 Å². The van der Waals surface area contributed by atoms with E-state index in [1.807, 2.05) is 0 Å². The van der Waals surface area contributed by atoms with Gasteiger partial charge in [0.15, 0.2) is 0 Å². The highest BCUT2D eigenvalue weighted by Gasteiger charge is 2.20. The van der Waals surface area contributed by atoms with Crippen molar-refractivity contribution in [2.45, 2.75) is 11.8 Å². The summed E-state index contributed by atoms with van der Waals surface area (Å²) in [7, 11) is -3.81. The first-order valence-corrected chi connectivity index (χ1v) is 6.18. The van der Waals surface area contributed by atoms with Crippen LogP contribution in [0.15, 0.2) is 35.4 Å². The van der Waals surface area contributed by atoms with Crippen molar-refractivity contribution >= 4 is 15.8 Å². The predicted octanol–water partition coefficient (Wildman–Crippen LogP) is 1.15. The fraction of sp³-hybridized carbons (Fsp3) is 0.100. The first-order chi connectivity index (χ1) is 7.91. The van der Waals surface area contributed by atoms with Crippen molar-refractivity contribution < 1.29 is 12.8 Å². The number of nitrogens with two attached hydrogens (primary N) is 1. The SMILES string of the molecule is Cc1cc(F)ccc1S(=O)(=O)n1ccc(N)n1. The van der Waals surface area contributed by atoms with Crippen LogP contribution < -0.4 is 5.73 Å². The van der Waals surface area contributed by atoms with Gasteiger partial charge in [0.2, 0.25) is 0 Å². The van der Waals surface area contributed by atoms with Crippen LogP contribution in [0.2, 0.25) is 0 Å². The van der Waals surface area contributed by atoms with E-state index in [2.05, 4.69) is 5.10 Å². The molecule has 0 saturated heterocycles. The molecule has 5 nitrogen and oxygen atoms in total. The predicted molar refractivity (Wildman–Crippen MR) is 60.4 cm³/mol. The van der Waals surface area contributed by atoms with Crippen molar-refractivity contribution in [3.8, 4) is 0 Å². The maximum atomic E-state index is 12.9. The zero-order valence-electron chi connectivity index (χ0n) is 8.96. The van der Waals surface area contributed by atoms with Crippen molar-refractivity contribution in [3.63, 3.8) is 0 Å². The minimum Gasteiger partial charge on any atom is -0.382 e. The molecule has 1 aromatic carbocycles. The molecule has 2 rings (SSSR count). The van der Waals surface area contributed by atoms with Gasteiger partial charge in [0.1, 0.15) is 11.6 Å². The molecule has 0 atom stereocenters. The lowest BCUT2D eigenvalue weighted by Crippen LogP contribution is -2.15. The van der Waals surface area contributed by atoms with Gasteiger partial charge in [-0.1, -0.05) is 0 Å². The lowest BCUT2D eigenvalue weighted by Gasteiger charge is -2.07. The van der Waals surface area contributed by atoms with E-state index in [0.717, 1.165) is 16.2 Å². The summed E-state index contributed by atoms with van der Waals surface area (Å²) >= 11 is 0. The molecule has 0 aliphatic heterocycles. The van der Waals surface area contributed by atoms with Gasteiger partial charge < -0.3 is 5.73 Å². The topological polar surface area (TPSA) is 78.0 Å². The van der Waals surface area contributed by atoms with Crippen molar-refractivity contribution in [2.75, 3.05) is 5.73 Å². The van der Waals surface area contributed by atoms with Gasteiger partial charge in [-0.15, -0.1) is 5.10 Å². The Hall–Kier alpha value is -1.89. The highest BCUT2D eigenvalue weighted by molar-refractivity contribution is 7.89. The molecular weight excluding hydrogens is 245 g/mol. The Bertz CT molecular complexity index is 664. The number of nitrogens with zero attached hydrogens (tertiary/aromatic N) is 2. The highest BCUT2D eigenvalue weighted by atomic mass is 32.2. The van der Waals surface area contributed by atoms with Crippen molar-refractivity contribution in [3.05, 3.63) is 41.8 Å². The summed E-state index contributed by atoms with van der Waals surface area (Å²) < 4.78 is 37.9. The molecule has 2 N–H and O–H groups in total. The molecule has 1 heterocycles. The van der Waals surface area contributed by atoms with Crippen LogP contribution in [0.1, 0.15) is 5.56 Å². The Kier molecular flexibility index (Phi) is 2.62. The third kappa shape index (κ3) is 2.01. The van der Waals surface area contributed by atoms with Gasteiger partial charge in [-0.25, -0.2) is 4.39 Å². The summed E-state index contributed by atoms with van der Waals surface area (Å²) in [4.78, 5) is 0.00185. The van der Waals surface area contributed by atoms with E-state index in [1.54, 1.807) is 0 Å². The van der Waals surface area contributed by atoms with Crippen LogP contribution in [-0.4, -0.2) is 17.6 Å². The number of hydrogen-bond acceptors (Lipinski definition) is 4. The lowest BCUT2D eigenvalue weighted by molar-refractivity contribution is 0.578. The van der Waals surface area contributed by atoms with E-state index in [1.165, 1.54) is 25.3 Å². The summed E-state index contributed by atoms with van der Waals surface area (Å²) in [5.74, 6) is -0.380. The fourth-order valence-electron chi connectivity index (χ4n) is 1.46. The number of nitrogen functional groups attached to an aromatic ring is 1. The van der Waals surface area contributed by atoms with Crippen LogP contribution in [0.4, 0.5) is 10.2 Å². The Morgan fingerprint density at radius 2 is 2.06 bits per heavy atom. The van der Waals surface area contributed by atoms with Crippen LogP contribution in [0.5, 0.6) is 0 Å². The Morgan fingerprint density at radius 3 is 2.59 bits per heavy atom. The average molecular weight is 255 g/mol. The molecule has 0 radical (unpaired) electrons. The van der Waals surface area contributed by atoms with E-state index in [-0.39, 0.29) is 10.7 Å². The second-order valence-corrected chi connectivity index (χ2v) is 5.29. The van der Waals surface area contributed by atoms with Gasteiger partial charge in [-0.05, 0) is 30.7 Å². The molecule has 0 spiro atoms. The maximum absolute atomic E-state index is 12.9. The number of aryl methyl sites for hydroxylation is 1. The number of rotatable bonds is 2. The molecule has 7 heteroatoms. The summed E-state index contributed by atoms with van der Waals surface area (Å²) in [6.07, 6.45) is 1.24. The fourth-order valence-corrected chi connectivity index (χ4v) is 2.79. The molecule has 0 amide bonds. The molecule has 0 unspecified atom stereocenters. The molecule has 17 heavy (non-hydrogen) atoms. The minimum absolute atomic E-state index is 0.00185. The number of halogens is 1. The Morgan fingerprint density at radius 1 is 1.35 bits per heavy atom. The quantitative estimate of drug-likeness (QED) is 0.873. The average Bonchev–Trinajstić information content (AvgIpc) is 2.64. The van der Waals surface area contributed by atoms with E-state index >= 15 is 0 Å². The lowest BCUT2D eigenvalue weighted by atomic mass is 10.2. The summed E-state index contributed by atoms with van der Waals surface area (Å²) in [6.45, 7) is 1.52. The monoisotopic (exact) mass is 255 g/mol. The molecule has 1 aromatic heterocycles. The van der Waals surface area contributed by atoms with E-state index in [4.69, 9.17) is 5.73 Å². The molecule has 0 saturated carbocycles. The number of anilines is 1. The third-order valence-electron chi connectivity index (χ3n) is 2.25. The van der Waals surface area contributed by atoms with Crippen molar-refractivity contribution in [1.82, 2.24) is 9.19 Å². The van der Waals surface area contributed by atoms with Crippen molar-refractivity contribution in [2.24, 2.45) is 0 Å². The first-order valence-electron chi connectivity index (χ1n) is 4.74. The Labute approximate surface area is 97.7 Å². The van der Waals surface area contributed by atoms with E-state index < -0.39 is 15.8 Å². The van der Waals surface area contributed by atoms with Crippen LogP contribution in [0.25, 0.3) is 0 Å². The van der Waals surface area contributed by atoms with Crippen LogP contribution in [0, 0.1) is 12.7 Å². The first kappa shape index (κ1) is 11.6. The largest absolute Gasteiger partial charge is 0.382 e. The Balaban J connectivity index is 2.60. The second-order valence-electron chi connectivity index (χ2n) is 3.53. The number of benzene rings is 1. The van der Waals surface area contributed by atoms with Crippen LogP contribution >= 0.6 is 0 Å². The smallest absolute Gasteiger partial charge is 0.283 e. The number of aromatic nitrogens is 2. The van der Waals surface area contributed by atoms with Gasteiger partial charge in [-0.2, -0.15) is 12.5 Å². The molecule has 0 fully saturated rings. The molecular formula is C10H10FN3O2S. The van der Waals surface area contributed by atoms with Gasteiger partial charge in [0.25, 0.3) is 10.0 Å². The summed E-state index contributed by atoms with van der Waals surface area (Å²) in [5, 5.41) is 3.64. The van der Waals surface area contributed by atoms with Gasteiger partial charge in [0, 0.05) is 12.3 Å². The van der Waals surface area contributed by atoms with Crippen LogP contribution in [-0.2, 0) is 10.0 Å². The van der Waals surface area contributed by atoms with Gasteiger partial charge in [0.05, 0.1) is 4.90 Å². The van der Waals surface area contributed by atoms with Gasteiger partial charge in [-0.3, -0.25) is 0 Å². The standard InChI is InChI=1S/C10H10FN3O2S/c1-7-6-8(11)2-3-9(7)17(15,16)14-5-4-10(12)13-14/h2-6H,1H3,(H2,12,13). The minimum atomic E-state index is -3.81. The summed E-state index contributed by atoms with van der Waals surface area (Å²) in [5.41, 5.74) is 5.68. The molecule has 90 valence electrons. The summed E-state index contributed by atoms with van der Waals surface area (Å²) in [6, 6.07) is 4.82. The third-order valence-corrected chi connectivity index (χ3v) is 3.96. The highest BCUT2D eigenvalue weighted by Crippen LogP contribution is 2.19. The molecule has 2 aromatic rings. The van der Waals surface area contributed by atoms with Crippen LogP contribution in [0.3, 0.4) is 0 Å². The molecule has 0 aliphatic carbocycles.